The zero-order chi connectivity index (χ0) is 15.5. The first-order valence-electron chi connectivity index (χ1n) is 7.91. The number of aryl methyl sites for hydroxylation is 2. The molecule has 1 N–H and O–H groups in total. The minimum Gasteiger partial charge on any atom is -0.316 e. The summed E-state index contributed by atoms with van der Waals surface area (Å²) in [5.74, 6) is 0.696. The van der Waals surface area contributed by atoms with Gasteiger partial charge in [-0.3, -0.25) is 0 Å². The molecule has 1 aromatic rings. The minimum atomic E-state index is -3.23. The second kappa shape index (κ2) is 6.93. The van der Waals surface area contributed by atoms with Gasteiger partial charge in [-0.1, -0.05) is 37.0 Å². The largest absolute Gasteiger partial charge is 0.316 e. The van der Waals surface area contributed by atoms with Crippen molar-refractivity contribution in [2.45, 2.75) is 56.9 Å². The molecule has 0 bridgehead atoms. The third-order valence-corrected chi connectivity index (χ3v) is 6.58. The van der Waals surface area contributed by atoms with Gasteiger partial charge in [0.25, 0.3) is 0 Å². The molecule has 1 aliphatic carbocycles. The van der Waals surface area contributed by atoms with E-state index in [4.69, 9.17) is 0 Å². The van der Waals surface area contributed by atoms with Crippen LogP contribution in [0.15, 0.2) is 23.1 Å². The SMILES string of the molecule is CNC(CS(=O)(=O)c1ccc(C)cc1C)C1CCCCC1. The molecule has 0 radical (unpaired) electrons. The van der Waals surface area contributed by atoms with Crippen molar-refractivity contribution in [3.63, 3.8) is 0 Å². The molecule has 1 aliphatic rings. The van der Waals surface area contributed by atoms with Crippen LogP contribution in [0.25, 0.3) is 0 Å². The number of hydrogen-bond donors (Lipinski definition) is 1. The third kappa shape index (κ3) is 4.07. The molecule has 1 saturated carbocycles. The van der Waals surface area contributed by atoms with Crippen LogP contribution in [0.2, 0.25) is 0 Å². The number of benzene rings is 1. The molecule has 0 heterocycles. The highest BCUT2D eigenvalue weighted by Gasteiger charge is 2.28. The maximum absolute atomic E-state index is 12.7. The van der Waals surface area contributed by atoms with E-state index in [9.17, 15) is 8.42 Å². The van der Waals surface area contributed by atoms with Crippen molar-refractivity contribution in [1.82, 2.24) is 5.32 Å². The lowest BCUT2D eigenvalue weighted by Crippen LogP contribution is -2.40. The molecule has 4 heteroatoms. The summed E-state index contributed by atoms with van der Waals surface area (Å²) in [5.41, 5.74) is 1.96. The highest BCUT2D eigenvalue weighted by Crippen LogP contribution is 2.28. The standard InChI is InChI=1S/C17H27NO2S/c1-13-9-10-17(14(2)11-13)21(19,20)12-16(18-3)15-7-5-4-6-8-15/h9-11,15-16,18H,4-8,12H2,1-3H3. The van der Waals surface area contributed by atoms with Gasteiger partial charge < -0.3 is 5.32 Å². The average molecular weight is 309 g/mol. The second-order valence-corrected chi connectivity index (χ2v) is 8.35. The number of sulfone groups is 1. The van der Waals surface area contributed by atoms with Crippen molar-refractivity contribution < 1.29 is 8.42 Å². The lowest BCUT2D eigenvalue weighted by Gasteiger charge is -2.30. The Bertz CT molecular complexity index is 574. The summed E-state index contributed by atoms with van der Waals surface area (Å²) in [4.78, 5) is 0.490. The van der Waals surface area contributed by atoms with Gasteiger partial charge >= 0.3 is 0 Å². The molecule has 1 unspecified atom stereocenters. The first-order chi connectivity index (χ1) is 9.94. The lowest BCUT2D eigenvalue weighted by molar-refractivity contribution is 0.292. The van der Waals surface area contributed by atoms with E-state index in [0.717, 1.165) is 24.0 Å². The minimum absolute atomic E-state index is 0.0657. The van der Waals surface area contributed by atoms with E-state index in [0.29, 0.717) is 10.8 Å². The Labute approximate surface area is 129 Å². The van der Waals surface area contributed by atoms with Crippen molar-refractivity contribution in [2.24, 2.45) is 5.92 Å². The summed E-state index contributed by atoms with van der Waals surface area (Å²) in [6.07, 6.45) is 6.04. The molecule has 0 aliphatic heterocycles. The van der Waals surface area contributed by atoms with Gasteiger partial charge in [-0.25, -0.2) is 8.42 Å². The molecule has 21 heavy (non-hydrogen) atoms. The van der Waals surface area contributed by atoms with Gasteiger partial charge in [0.1, 0.15) is 0 Å². The van der Waals surface area contributed by atoms with E-state index in [1.165, 1.54) is 19.3 Å². The third-order valence-electron chi connectivity index (χ3n) is 4.65. The Kier molecular flexibility index (Phi) is 5.44. The molecule has 118 valence electrons. The monoisotopic (exact) mass is 309 g/mol. The van der Waals surface area contributed by atoms with Crippen molar-refractivity contribution in [1.29, 1.82) is 0 Å². The van der Waals surface area contributed by atoms with Gasteiger partial charge in [-0.15, -0.1) is 0 Å². The van der Waals surface area contributed by atoms with E-state index >= 15 is 0 Å². The van der Waals surface area contributed by atoms with Gasteiger partial charge in [0.2, 0.25) is 0 Å². The highest BCUT2D eigenvalue weighted by atomic mass is 32.2. The number of hydrogen-bond acceptors (Lipinski definition) is 3. The predicted octanol–water partition coefficient (Wildman–Crippen LogP) is 3.25. The molecule has 1 atom stereocenters. The van der Waals surface area contributed by atoms with Crippen LogP contribution in [0.5, 0.6) is 0 Å². The fourth-order valence-electron chi connectivity index (χ4n) is 3.47. The van der Waals surface area contributed by atoms with E-state index in [2.05, 4.69) is 5.32 Å². The molecule has 1 fully saturated rings. The molecule has 0 saturated heterocycles. The molecule has 1 aromatic carbocycles. The Morgan fingerprint density at radius 2 is 1.86 bits per heavy atom. The van der Waals surface area contributed by atoms with Crippen LogP contribution in [0.3, 0.4) is 0 Å². The molecule has 0 spiro atoms. The van der Waals surface area contributed by atoms with Crippen LogP contribution in [0, 0.1) is 19.8 Å². The molecule has 0 amide bonds. The number of nitrogens with one attached hydrogen (secondary N) is 1. The van der Waals surface area contributed by atoms with Crippen molar-refractivity contribution in [3.05, 3.63) is 29.3 Å². The summed E-state index contributed by atoms with van der Waals surface area (Å²) in [5, 5.41) is 3.25. The van der Waals surface area contributed by atoms with Crippen LogP contribution < -0.4 is 5.32 Å². The average Bonchev–Trinajstić information content (AvgIpc) is 2.45. The Morgan fingerprint density at radius 1 is 1.19 bits per heavy atom. The predicted molar refractivity (Wildman–Crippen MR) is 87.4 cm³/mol. The molecule has 3 nitrogen and oxygen atoms in total. The molecular weight excluding hydrogens is 282 g/mol. The zero-order valence-electron chi connectivity index (χ0n) is 13.4. The fraction of sp³-hybridized carbons (Fsp3) is 0.647. The maximum atomic E-state index is 12.7. The van der Waals surface area contributed by atoms with Gasteiger partial charge in [0.15, 0.2) is 9.84 Å². The van der Waals surface area contributed by atoms with Crippen molar-refractivity contribution in [2.75, 3.05) is 12.8 Å². The van der Waals surface area contributed by atoms with Gasteiger partial charge in [0.05, 0.1) is 10.6 Å². The lowest BCUT2D eigenvalue weighted by atomic mass is 9.84. The van der Waals surface area contributed by atoms with Crippen molar-refractivity contribution in [3.8, 4) is 0 Å². The summed E-state index contributed by atoms with van der Waals surface area (Å²) in [7, 11) is -1.35. The van der Waals surface area contributed by atoms with Crippen LogP contribution in [0.4, 0.5) is 0 Å². The normalized spacial score (nSPS) is 18.6. The quantitative estimate of drug-likeness (QED) is 0.908. The fourth-order valence-corrected chi connectivity index (χ4v) is 5.38. The van der Waals surface area contributed by atoms with Crippen LogP contribution >= 0.6 is 0 Å². The molecule has 0 aromatic heterocycles. The van der Waals surface area contributed by atoms with Crippen LogP contribution in [-0.4, -0.2) is 27.3 Å². The van der Waals surface area contributed by atoms with E-state index < -0.39 is 9.84 Å². The highest BCUT2D eigenvalue weighted by molar-refractivity contribution is 7.91. The summed E-state index contributed by atoms with van der Waals surface area (Å²) >= 11 is 0. The molecular formula is C17H27NO2S. The number of rotatable bonds is 5. The summed E-state index contributed by atoms with van der Waals surface area (Å²) in [6.45, 7) is 3.87. The zero-order valence-corrected chi connectivity index (χ0v) is 14.2. The Balaban J connectivity index is 2.18. The van der Waals surface area contributed by atoms with Gasteiger partial charge in [-0.2, -0.15) is 0 Å². The summed E-state index contributed by atoms with van der Waals surface area (Å²) < 4.78 is 25.5. The first kappa shape index (κ1) is 16.5. The summed E-state index contributed by atoms with van der Waals surface area (Å²) in [6, 6.07) is 5.65. The second-order valence-electron chi connectivity index (χ2n) is 6.34. The van der Waals surface area contributed by atoms with Crippen LogP contribution in [-0.2, 0) is 9.84 Å². The van der Waals surface area contributed by atoms with E-state index in [-0.39, 0.29) is 11.8 Å². The van der Waals surface area contributed by atoms with Gasteiger partial charge in [0, 0.05) is 6.04 Å². The van der Waals surface area contributed by atoms with Gasteiger partial charge in [-0.05, 0) is 51.3 Å². The Hall–Kier alpha value is -0.870. The topological polar surface area (TPSA) is 46.2 Å². The van der Waals surface area contributed by atoms with E-state index in [1.807, 2.05) is 33.0 Å². The molecule has 2 rings (SSSR count). The van der Waals surface area contributed by atoms with E-state index in [1.54, 1.807) is 6.07 Å². The van der Waals surface area contributed by atoms with Crippen molar-refractivity contribution >= 4 is 9.84 Å². The maximum Gasteiger partial charge on any atom is 0.180 e. The smallest absolute Gasteiger partial charge is 0.180 e. The Morgan fingerprint density at radius 3 is 2.43 bits per heavy atom. The van der Waals surface area contributed by atoms with Crippen LogP contribution in [0.1, 0.15) is 43.2 Å². The first-order valence-corrected chi connectivity index (χ1v) is 9.56.